The summed E-state index contributed by atoms with van der Waals surface area (Å²) in [6.45, 7) is 16.5. The number of hydrogen-bond donors (Lipinski definition) is 1. The highest BCUT2D eigenvalue weighted by atomic mass is 15.2. The third-order valence-corrected chi connectivity index (χ3v) is 4.88. The Morgan fingerprint density at radius 1 is 0.950 bits per heavy atom. The first-order chi connectivity index (χ1) is 9.31. The summed E-state index contributed by atoms with van der Waals surface area (Å²) in [5, 5.41) is 0. The Labute approximate surface area is 127 Å². The van der Waals surface area contributed by atoms with Crippen LogP contribution in [0, 0.1) is 23.7 Å². The van der Waals surface area contributed by atoms with E-state index in [1.165, 1.54) is 38.8 Å². The minimum atomic E-state index is 0.369. The summed E-state index contributed by atoms with van der Waals surface area (Å²) < 4.78 is 0. The molecule has 0 aromatic heterocycles. The van der Waals surface area contributed by atoms with Crippen LogP contribution in [0.4, 0.5) is 0 Å². The van der Waals surface area contributed by atoms with Gasteiger partial charge in [-0.1, -0.05) is 41.5 Å². The van der Waals surface area contributed by atoms with E-state index in [1.54, 1.807) is 0 Å². The molecule has 0 amide bonds. The molecule has 1 fully saturated rings. The van der Waals surface area contributed by atoms with Crippen molar-refractivity contribution >= 4 is 0 Å². The van der Waals surface area contributed by atoms with E-state index < -0.39 is 0 Å². The van der Waals surface area contributed by atoms with E-state index in [0.29, 0.717) is 12.1 Å². The summed E-state index contributed by atoms with van der Waals surface area (Å²) in [5.74, 6) is 3.11. The molecule has 4 atom stereocenters. The van der Waals surface area contributed by atoms with Crippen LogP contribution in [0.25, 0.3) is 0 Å². The van der Waals surface area contributed by atoms with Gasteiger partial charge in [0.05, 0.1) is 0 Å². The molecule has 0 aliphatic heterocycles. The zero-order chi connectivity index (χ0) is 15.3. The molecule has 2 heteroatoms. The summed E-state index contributed by atoms with van der Waals surface area (Å²) in [6, 6.07) is 0.969. The summed E-state index contributed by atoms with van der Waals surface area (Å²) in [6.07, 6.45) is 5.14. The molecule has 2 N–H and O–H groups in total. The topological polar surface area (TPSA) is 29.3 Å². The molecule has 20 heavy (non-hydrogen) atoms. The molecule has 0 spiro atoms. The van der Waals surface area contributed by atoms with Crippen LogP contribution in [0.3, 0.4) is 0 Å². The standard InChI is InChI=1S/C18H38N2/c1-13(2)7-9-20(10-8-14(3)4)18-16(6)11-15(5)12-17(18)19/h13-18H,7-12,19H2,1-6H3. The Kier molecular flexibility index (Phi) is 7.53. The lowest BCUT2D eigenvalue weighted by Gasteiger charge is -2.45. The zero-order valence-electron chi connectivity index (χ0n) is 14.7. The third-order valence-electron chi connectivity index (χ3n) is 4.88. The highest BCUT2D eigenvalue weighted by Gasteiger charge is 2.35. The largest absolute Gasteiger partial charge is 0.326 e. The minimum absolute atomic E-state index is 0.369. The van der Waals surface area contributed by atoms with Gasteiger partial charge in [0.2, 0.25) is 0 Å². The first kappa shape index (κ1) is 18.0. The molecule has 0 aromatic carbocycles. The van der Waals surface area contributed by atoms with Crippen molar-refractivity contribution in [2.75, 3.05) is 13.1 Å². The summed E-state index contributed by atoms with van der Waals surface area (Å²) in [5.41, 5.74) is 6.53. The molecular formula is C18H38N2. The fraction of sp³-hybridized carbons (Fsp3) is 1.00. The van der Waals surface area contributed by atoms with Gasteiger partial charge in [0.25, 0.3) is 0 Å². The summed E-state index contributed by atoms with van der Waals surface area (Å²) >= 11 is 0. The number of hydrogen-bond acceptors (Lipinski definition) is 2. The van der Waals surface area contributed by atoms with Crippen LogP contribution in [0.15, 0.2) is 0 Å². The average molecular weight is 283 g/mol. The van der Waals surface area contributed by atoms with Gasteiger partial charge >= 0.3 is 0 Å². The van der Waals surface area contributed by atoms with Crippen LogP contribution in [0.2, 0.25) is 0 Å². The van der Waals surface area contributed by atoms with E-state index in [2.05, 4.69) is 46.4 Å². The van der Waals surface area contributed by atoms with E-state index in [4.69, 9.17) is 5.73 Å². The maximum absolute atomic E-state index is 6.53. The van der Waals surface area contributed by atoms with Crippen molar-refractivity contribution in [2.45, 2.75) is 79.3 Å². The minimum Gasteiger partial charge on any atom is -0.326 e. The van der Waals surface area contributed by atoms with Crippen molar-refractivity contribution in [1.29, 1.82) is 0 Å². The lowest BCUT2D eigenvalue weighted by Crippen LogP contribution is -2.55. The van der Waals surface area contributed by atoms with Gasteiger partial charge in [-0.3, -0.25) is 4.90 Å². The smallest absolute Gasteiger partial charge is 0.0272 e. The van der Waals surface area contributed by atoms with Crippen LogP contribution < -0.4 is 5.73 Å². The first-order valence-electron chi connectivity index (χ1n) is 8.80. The van der Waals surface area contributed by atoms with Gasteiger partial charge in [-0.05, 0) is 62.4 Å². The van der Waals surface area contributed by atoms with Crippen molar-refractivity contribution in [3.8, 4) is 0 Å². The average Bonchev–Trinajstić information content (AvgIpc) is 2.29. The monoisotopic (exact) mass is 282 g/mol. The van der Waals surface area contributed by atoms with Gasteiger partial charge in [-0.2, -0.15) is 0 Å². The number of nitrogens with zero attached hydrogens (tertiary/aromatic N) is 1. The van der Waals surface area contributed by atoms with Gasteiger partial charge in [-0.15, -0.1) is 0 Å². The van der Waals surface area contributed by atoms with Crippen molar-refractivity contribution in [2.24, 2.45) is 29.4 Å². The first-order valence-corrected chi connectivity index (χ1v) is 8.80. The molecule has 0 saturated heterocycles. The lowest BCUT2D eigenvalue weighted by atomic mass is 9.76. The molecule has 2 nitrogen and oxygen atoms in total. The van der Waals surface area contributed by atoms with Gasteiger partial charge in [0.15, 0.2) is 0 Å². The van der Waals surface area contributed by atoms with Crippen molar-refractivity contribution < 1.29 is 0 Å². The predicted octanol–water partition coefficient (Wildman–Crippen LogP) is 4.14. The normalized spacial score (nSPS) is 31.5. The van der Waals surface area contributed by atoms with Crippen LogP contribution in [-0.2, 0) is 0 Å². The molecular weight excluding hydrogens is 244 g/mol. The maximum Gasteiger partial charge on any atom is 0.0272 e. The van der Waals surface area contributed by atoms with Crippen LogP contribution in [-0.4, -0.2) is 30.1 Å². The Bertz CT molecular complexity index is 238. The maximum atomic E-state index is 6.53. The van der Waals surface area contributed by atoms with Gasteiger partial charge < -0.3 is 5.73 Å². The van der Waals surface area contributed by atoms with Gasteiger partial charge in [0.1, 0.15) is 0 Å². The fourth-order valence-corrected chi connectivity index (χ4v) is 3.79. The van der Waals surface area contributed by atoms with Crippen LogP contribution in [0.5, 0.6) is 0 Å². The van der Waals surface area contributed by atoms with Crippen molar-refractivity contribution in [1.82, 2.24) is 4.90 Å². The molecule has 0 aromatic rings. The predicted molar refractivity (Wildman–Crippen MR) is 89.8 cm³/mol. The lowest BCUT2D eigenvalue weighted by molar-refractivity contribution is 0.0677. The highest BCUT2D eigenvalue weighted by molar-refractivity contribution is 4.92. The van der Waals surface area contributed by atoms with E-state index in [0.717, 1.165) is 23.7 Å². The zero-order valence-corrected chi connectivity index (χ0v) is 14.7. The summed E-state index contributed by atoms with van der Waals surface area (Å²) in [7, 11) is 0. The van der Waals surface area contributed by atoms with Gasteiger partial charge in [0, 0.05) is 12.1 Å². The van der Waals surface area contributed by atoms with Crippen molar-refractivity contribution in [3.63, 3.8) is 0 Å². The Morgan fingerprint density at radius 3 is 1.85 bits per heavy atom. The molecule has 1 aliphatic carbocycles. The van der Waals surface area contributed by atoms with Crippen molar-refractivity contribution in [3.05, 3.63) is 0 Å². The molecule has 0 radical (unpaired) electrons. The second kappa shape index (κ2) is 8.38. The Hall–Kier alpha value is -0.0800. The number of rotatable bonds is 7. The quantitative estimate of drug-likeness (QED) is 0.760. The highest BCUT2D eigenvalue weighted by Crippen LogP contribution is 2.32. The van der Waals surface area contributed by atoms with E-state index in [1.807, 2.05) is 0 Å². The third kappa shape index (κ3) is 5.73. The van der Waals surface area contributed by atoms with E-state index in [-0.39, 0.29) is 0 Å². The molecule has 1 rings (SSSR count). The molecule has 120 valence electrons. The summed E-state index contributed by atoms with van der Waals surface area (Å²) in [4.78, 5) is 2.72. The van der Waals surface area contributed by atoms with Crippen LogP contribution >= 0.6 is 0 Å². The van der Waals surface area contributed by atoms with Gasteiger partial charge in [-0.25, -0.2) is 0 Å². The number of nitrogens with two attached hydrogens (primary N) is 1. The molecule has 4 unspecified atom stereocenters. The fourth-order valence-electron chi connectivity index (χ4n) is 3.79. The molecule has 0 bridgehead atoms. The second-order valence-electron chi connectivity index (χ2n) is 8.11. The molecule has 1 aliphatic rings. The molecule has 1 saturated carbocycles. The van der Waals surface area contributed by atoms with Crippen LogP contribution in [0.1, 0.15) is 67.2 Å². The Morgan fingerprint density at radius 2 is 1.45 bits per heavy atom. The second-order valence-corrected chi connectivity index (χ2v) is 8.11. The molecule has 0 heterocycles. The Balaban J connectivity index is 2.68. The van der Waals surface area contributed by atoms with E-state index in [9.17, 15) is 0 Å². The SMILES string of the molecule is CC(C)CCN(CCC(C)C)C1C(C)CC(C)CC1N. The van der Waals surface area contributed by atoms with E-state index >= 15 is 0 Å².